The van der Waals surface area contributed by atoms with Crippen LogP contribution in [0.1, 0.15) is 10.4 Å². The maximum absolute atomic E-state index is 12.8. The van der Waals surface area contributed by atoms with Crippen molar-refractivity contribution in [3.8, 4) is 5.75 Å². The van der Waals surface area contributed by atoms with Crippen molar-refractivity contribution in [1.82, 2.24) is 0 Å². The number of alkyl halides is 2. The third-order valence-corrected chi connectivity index (χ3v) is 1.92. The van der Waals surface area contributed by atoms with E-state index in [0.717, 1.165) is 0 Å². The van der Waals surface area contributed by atoms with Crippen LogP contribution in [0.3, 0.4) is 0 Å². The molecule has 1 amide bonds. The monoisotopic (exact) mass is 213 g/mol. The van der Waals surface area contributed by atoms with Gasteiger partial charge in [0.15, 0.2) is 12.0 Å². The average Bonchev–Trinajstić information content (AvgIpc) is 2.18. The molecule has 1 aromatic rings. The van der Waals surface area contributed by atoms with E-state index < -0.39 is 12.0 Å². The first kappa shape index (κ1) is 9.57. The number of hydrogen-bond donors (Lipinski definition) is 1. The van der Waals surface area contributed by atoms with Crippen LogP contribution < -0.4 is 10.1 Å². The Balaban J connectivity index is 2.55. The summed E-state index contributed by atoms with van der Waals surface area (Å²) >= 11 is 0. The van der Waals surface area contributed by atoms with Crippen LogP contribution in [0, 0.1) is 0 Å². The maximum atomic E-state index is 12.8. The third-order valence-electron chi connectivity index (χ3n) is 1.92. The molecule has 0 bridgehead atoms. The minimum absolute atomic E-state index is 0.0350. The summed E-state index contributed by atoms with van der Waals surface area (Å²) in [5.41, 5.74) is 0.0303. The van der Waals surface area contributed by atoms with Gasteiger partial charge in [0, 0.05) is 0 Å². The Bertz CT molecular complexity index is 445. The second-order valence-corrected chi connectivity index (χ2v) is 2.91. The van der Waals surface area contributed by atoms with E-state index in [0.29, 0.717) is 6.29 Å². The molecule has 0 saturated carbocycles. The summed E-state index contributed by atoms with van der Waals surface area (Å²) < 4.78 is 29.9. The molecule has 0 aliphatic carbocycles. The highest BCUT2D eigenvalue weighted by Crippen LogP contribution is 2.37. The number of amides is 1. The van der Waals surface area contributed by atoms with Crippen LogP contribution in [-0.4, -0.2) is 18.3 Å². The first-order valence-electron chi connectivity index (χ1n) is 4.01. The van der Waals surface area contributed by atoms with Gasteiger partial charge in [0.05, 0.1) is 11.3 Å². The van der Waals surface area contributed by atoms with E-state index in [1.165, 1.54) is 18.2 Å². The van der Waals surface area contributed by atoms with Gasteiger partial charge in [-0.3, -0.25) is 9.59 Å². The molecule has 1 aliphatic heterocycles. The van der Waals surface area contributed by atoms with E-state index in [1.807, 2.05) is 5.32 Å². The van der Waals surface area contributed by atoms with Crippen molar-refractivity contribution < 1.29 is 23.1 Å². The quantitative estimate of drug-likeness (QED) is 0.718. The van der Waals surface area contributed by atoms with Gasteiger partial charge in [-0.05, 0) is 12.1 Å². The molecular weight excluding hydrogens is 208 g/mol. The minimum Gasteiger partial charge on any atom is -0.422 e. The number of rotatable bonds is 1. The van der Waals surface area contributed by atoms with Crippen LogP contribution in [0.5, 0.6) is 5.75 Å². The molecule has 0 spiro atoms. The van der Waals surface area contributed by atoms with Gasteiger partial charge >= 0.3 is 12.0 Å². The van der Waals surface area contributed by atoms with Gasteiger partial charge in [-0.15, -0.1) is 0 Å². The number of carbonyl (C=O) groups excluding carboxylic acids is 2. The van der Waals surface area contributed by atoms with Gasteiger partial charge < -0.3 is 10.1 Å². The lowest BCUT2D eigenvalue weighted by Crippen LogP contribution is -2.43. The summed E-state index contributed by atoms with van der Waals surface area (Å²) in [6.07, 6.45) is -3.56. The number of nitrogens with one attached hydrogen (secondary N) is 1. The molecule has 0 unspecified atom stereocenters. The van der Waals surface area contributed by atoms with E-state index in [4.69, 9.17) is 0 Å². The predicted molar refractivity (Wildman–Crippen MR) is 46.0 cm³/mol. The number of aldehydes is 1. The molecule has 1 heterocycles. The second kappa shape index (κ2) is 3.01. The van der Waals surface area contributed by atoms with Crippen molar-refractivity contribution in [2.24, 2.45) is 0 Å². The van der Waals surface area contributed by atoms with Gasteiger partial charge in [0.1, 0.15) is 0 Å². The van der Waals surface area contributed by atoms with Gasteiger partial charge in [0.25, 0.3) is 0 Å². The van der Waals surface area contributed by atoms with E-state index in [1.54, 1.807) is 0 Å². The van der Waals surface area contributed by atoms with Crippen molar-refractivity contribution in [3.05, 3.63) is 23.8 Å². The van der Waals surface area contributed by atoms with E-state index >= 15 is 0 Å². The Morgan fingerprint density at radius 3 is 2.80 bits per heavy atom. The van der Waals surface area contributed by atoms with Crippen LogP contribution in [0.25, 0.3) is 0 Å². The summed E-state index contributed by atoms with van der Waals surface area (Å²) in [4.78, 5) is 21.3. The Labute approximate surface area is 82.8 Å². The zero-order chi connectivity index (χ0) is 11.1. The van der Waals surface area contributed by atoms with E-state index in [2.05, 4.69) is 4.74 Å². The zero-order valence-corrected chi connectivity index (χ0v) is 7.29. The Morgan fingerprint density at radius 2 is 2.13 bits per heavy atom. The molecule has 0 radical (unpaired) electrons. The fourth-order valence-electron chi connectivity index (χ4n) is 1.23. The standard InChI is InChI=1S/C9H5F2NO3/c10-9(11)8(14)12-6-3-1-2-5(4-13)7(6)15-9/h1-4H,(H,12,14). The van der Waals surface area contributed by atoms with Crippen LogP contribution in [0.2, 0.25) is 0 Å². The number of carbonyl (C=O) groups is 2. The first-order valence-corrected chi connectivity index (χ1v) is 4.01. The Morgan fingerprint density at radius 1 is 1.40 bits per heavy atom. The predicted octanol–water partition coefficient (Wildman–Crippen LogP) is 1.42. The van der Waals surface area contributed by atoms with Crippen molar-refractivity contribution in [2.75, 3.05) is 5.32 Å². The number of hydrogen-bond acceptors (Lipinski definition) is 3. The summed E-state index contributed by atoms with van der Waals surface area (Å²) in [5, 5.41) is 1.95. The topological polar surface area (TPSA) is 55.4 Å². The second-order valence-electron chi connectivity index (χ2n) is 2.91. The van der Waals surface area contributed by atoms with Crippen molar-refractivity contribution in [1.29, 1.82) is 0 Å². The van der Waals surface area contributed by atoms with Crippen LogP contribution in [0.4, 0.5) is 14.5 Å². The van der Waals surface area contributed by atoms with E-state index in [-0.39, 0.29) is 17.0 Å². The van der Waals surface area contributed by atoms with E-state index in [9.17, 15) is 18.4 Å². The molecular formula is C9H5F2NO3. The molecule has 1 N–H and O–H groups in total. The zero-order valence-electron chi connectivity index (χ0n) is 7.29. The highest BCUT2D eigenvalue weighted by Gasteiger charge is 2.46. The summed E-state index contributed by atoms with van der Waals surface area (Å²) in [5.74, 6) is -1.85. The van der Waals surface area contributed by atoms with Gasteiger partial charge in [-0.1, -0.05) is 6.07 Å². The largest absolute Gasteiger partial charge is 0.482 e. The minimum atomic E-state index is -3.94. The lowest BCUT2D eigenvalue weighted by molar-refractivity contribution is -0.189. The molecule has 0 atom stereocenters. The molecule has 2 rings (SSSR count). The Kier molecular flexibility index (Phi) is 1.92. The van der Waals surface area contributed by atoms with Gasteiger partial charge in [-0.25, -0.2) is 0 Å². The lowest BCUT2D eigenvalue weighted by atomic mass is 10.1. The van der Waals surface area contributed by atoms with Crippen molar-refractivity contribution in [2.45, 2.75) is 6.11 Å². The van der Waals surface area contributed by atoms with Gasteiger partial charge in [-0.2, -0.15) is 8.78 Å². The number of anilines is 1. The molecule has 4 nitrogen and oxygen atoms in total. The maximum Gasteiger partial charge on any atom is 0.482 e. The number of para-hydroxylation sites is 1. The first-order chi connectivity index (χ1) is 7.04. The smallest absolute Gasteiger partial charge is 0.422 e. The molecule has 0 aromatic heterocycles. The van der Waals surface area contributed by atoms with Crippen molar-refractivity contribution in [3.63, 3.8) is 0 Å². The molecule has 0 fully saturated rings. The van der Waals surface area contributed by atoms with Crippen LogP contribution in [0.15, 0.2) is 18.2 Å². The van der Waals surface area contributed by atoms with Gasteiger partial charge in [0.2, 0.25) is 0 Å². The molecule has 1 aromatic carbocycles. The normalized spacial score (nSPS) is 17.3. The van der Waals surface area contributed by atoms with Crippen LogP contribution >= 0.6 is 0 Å². The fraction of sp³-hybridized carbons (Fsp3) is 0.111. The number of benzene rings is 1. The highest BCUT2D eigenvalue weighted by molar-refractivity contribution is 6.00. The molecule has 0 saturated heterocycles. The van der Waals surface area contributed by atoms with Crippen molar-refractivity contribution >= 4 is 17.9 Å². The fourth-order valence-corrected chi connectivity index (χ4v) is 1.23. The molecule has 15 heavy (non-hydrogen) atoms. The summed E-state index contributed by atoms with van der Waals surface area (Å²) in [7, 11) is 0. The number of ether oxygens (including phenoxy) is 1. The molecule has 1 aliphatic rings. The summed E-state index contributed by atoms with van der Waals surface area (Å²) in [6.45, 7) is 0. The van der Waals surface area contributed by atoms with Crippen LogP contribution in [-0.2, 0) is 4.79 Å². The SMILES string of the molecule is O=Cc1cccc2c1OC(F)(F)C(=O)N2. The highest BCUT2D eigenvalue weighted by atomic mass is 19.3. The number of fused-ring (bicyclic) bond motifs is 1. The third kappa shape index (κ3) is 1.43. The Hall–Kier alpha value is -1.98. The molecule has 6 heteroatoms. The number of halogens is 2. The lowest BCUT2D eigenvalue weighted by Gasteiger charge is -2.25. The average molecular weight is 213 g/mol. The molecule has 78 valence electrons. The summed E-state index contributed by atoms with van der Waals surface area (Å²) in [6, 6.07) is 4.14.